The SMILES string of the molecule is O=C(C(C1CCC1)C1CCC1)N1C[C@@H](O)[C@@H](O)C1. The second kappa shape index (κ2) is 4.82. The minimum atomic E-state index is -0.752. The molecule has 1 aliphatic heterocycles. The Morgan fingerprint density at radius 1 is 0.944 bits per heavy atom. The number of carbonyl (C=O) groups excluding carboxylic acids is 1. The summed E-state index contributed by atoms with van der Waals surface area (Å²) < 4.78 is 0. The average molecular weight is 253 g/mol. The molecule has 0 unspecified atom stereocenters. The summed E-state index contributed by atoms with van der Waals surface area (Å²) in [5.74, 6) is 1.50. The predicted molar refractivity (Wildman–Crippen MR) is 66.8 cm³/mol. The van der Waals surface area contributed by atoms with E-state index in [0.717, 1.165) is 0 Å². The van der Waals surface area contributed by atoms with E-state index >= 15 is 0 Å². The predicted octanol–water partition coefficient (Wildman–Crippen LogP) is 0.767. The molecular formula is C14H23NO3. The molecule has 2 aliphatic carbocycles. The first-order valence-corrected chi connectivity index (χ1v) is 7.31. The van der Waals surface area contributed by atoms with E-state index in [0.29, 0.717) is 24.9 Å². The summed E-state index contributed by atoms with van der Waals surface area (Å²) in [4.78, 5) is 14.3. The van der Waals surface area contributed by atoms with Crippen LogP contribution in [0.4, 0.5) is 0 Å². The fraction of sp³-hybridized carbons (Fsp3) is 0.929. The van der Waals surface area contributed by atoms with Crippen molar-refractivity contribution in [1.82, 2.24) is 4.90 Å². The van der Waals surface area contributed by atoms with Crippen LogP contribution in [0.25, 0.3) is 0 Å². The summed E-state index contributed by atoms with van der Waals surface area (Å²) >= 11 is 0. The normalized spacial score (nSPS) is 33.6. The zero-order chi connectivity index (χ0) is 12.7. The summed E-state index contributed by atoms with van der Waals surface area (Å²) in [6, 6.07) is 0. The highest BCUT2D eigenvalue weighted by molar-refractivity contribution is 5.80. The Balaban J connectivity index is 1.67. The van der Waals surface area contributed by atoms with Gasteiger partial charge in [0.25, 0.3) is 0 Å². The van der Waals surface area contributed by atoms with Crippen molar-refractivity contribution in [2.45, 2.75) is 50.7 Å². The van der Waals surface area contributed by atoms with E-state index < -0.39 is 12.2 Å². The van der Waals surface area contributed by atoms with Gasteiger partial charge in [0.2, 0.25) is 5.91 Å². The topological polar surface area (TPSA) is 60.8 Å². The van der Waals surface area contributed by atoms with Gasteiger partial charge in [-0.3, -0.25) is 4.79 Å². The number of aliphatic hydroxyl groups is 2. The molecule has 2 N–H and O–H groups in total. The van der Waals surface area contributed by atoms with Crippen LogP contribution in [0.5, 0.6) is 0 Å². The molecule has 2 saturated carbocycles. The Labute approximate surface area is 108 Å². The monoisotopic (exact) mass is 253 g/mol. The van der Waals surface area contributed by atoms with E-state index in [1.165, 1.54) is 38.5 Å². The lowest BCUT2D eigenvalue weighted by molar-refractivity contribution is -0.142. The fourth-order valence-corrected chi connectivity index (χ4v) is 3.55. The minimum Gasteiger partial charge on any atom is -0.388 e. The molecule has 4 nitrogen and oxygen atoms in total. The van der Waals surface area contributed by atoms with Crippen LogP contribution in [0.2, 0.25) is 0 Å². The number of nitrogens with zero attached hydrogens (tertiary/aromatic N) is 1. The first-order valence-electron chi connectivity index (χ1n) is 7.31. The van der Waals surface area contributed by atoms with Gasteiger partial charge in [0, 0.05) is 19.0 Å². The van der Waals surface area contributed by atoms with Crippen molar-refractivity contribution in [2.75, 3.05) is 13.1 Å². The van der Waals surface area contributed by atoms with Crippen molar-refractivity contribution in [2.24, 2.45) is 17.8 Å². The Bertz CT molecular complexity index is 301. The summed E-state index contributed by atoms with van der Waals surface area (Å²) in [7, 11) is 0. The first-order chi connectivity index (χ1) is 8.66. The van der Waals surface area contributed by atoms with E-state index in [9.17, 15) is 15.0 Å². The highest BCUT2D eigenvalue weighted by Crippen LogP contribution is 2.45. The molecule has 0 aromatic heterocycles. The molecule has 0 bridgehead atoms. The van der Waals surface area contributed by atoms with Gasteiger partial charge in [-0.1, -0.05) is 12.8 Å². The van der Waals surface area contributed by atoms with Crippen LogP contribution < -0.4 is 0 Å². The van der Waals surface area contributed by atoms with Gasteiger partial charge in [0.05, 0.1) is 12.2 Å². The van der Waals surface area contributed by atoms with Crippen molar-refractivity contribution >= 4 is 5.91 Å². The molecule has 1 amide bonds. The summed E-state index contributed by atoms with van der Waals surface area (Å²) in [6.07, 6.45) is 5.75. The Hall–Kier alpha value is -0.610. The van der Waals surface area contributed by atoms with Gasteiger partial charge in [-0.05, 0) is 37.5 Å². The van der Waals surface area contributed by atoms with Crippen molar-refractivity contribution < 1.29 is 15.0 Å². The second-order valence-electron chi connectivity index (χ2n) is 6.29. The number of rotatable bonds is 3. The molecule has 0 radical (unpaired) electrons. The molecule has 3 rings (SSSR count). The third kappa shape index (κ3) is 2.05. The molecule has 1 saturated heterocycles. The van der Waals surface area contributed by atoms with E-state index in [2.05, 4.69) is 0 Å². The Kier molecular flexibility index (Phi) is 3.32. The lowest BCUT2D eigenvalue weighted by Crippen LogP contribution is -2.45. The van der Waals surface area contributed by atoms with Crippen LogP contribution in [0.1, 0.15) is 38.5 Å². The van der Waals surface area contributed by atoms with Gasteiger partial charge in [0.15, 0.2) is 0 Å². The number of hydrogen-bond acceptors (Lipinski definition) is 3. The van der Waals surface area contributed by atoms with Crippen LogP contribution in [0, 0.1) is 17.8 Å². The fourth-order valence-electron chi connectivity index (χ4n) is 3.55. The summed E-state index contributed by atoms with van der Waals surface area (Å²) in [6.45, 7) is 0.631. The molecule has 3 fully saturated rings. The van der Waals surface area contributed by atoms with Crippen LogP contribution in [-0.2, 0) is 4.79 Å². The number of likely N-dealkylation sites (tertiary alicyclic amines) is 1. The lowest BCUT2D eigenvalue weighted by atomic mass is 9.64. The maximum absolute atomic E-state index is 12.6. The molecular weight excluding hydrogens is 230 g/mol. The highest BCUT2D eigenvalue weighted by Gasteiger charge is 2.44. The Morgan fingerprint density at radius 2 is 1.39 bits per heavy atom. The van der Waals surface area contributed by atoms with Gasteiger partial charge in [-0.2, -0.15) is 0 Å². The molecule has 2 atom stereocenters. The molecule has 4 heteroatoms. The zero-order valence-electron chi connectivity index (χ0n) is 10.8. The van der Waals surface area contributed by atoms with E-state index in [1.54, 1.807) is 4.90 Å². The number of hydrogen-bond donors (Lipinski definition) is 2. The minimum absolute atomic E-state index is 0.171. The number of aliphatic hydroxyl groups excluding tert-OH is 2. The van der Waals surface area contributed by atoms with Crippen molar-refractivity contribution in [3.63, 3.8) is 0 Å². The maximum Gasteiger partial charge on any atom is 0.226 e. The van der Waals surface area contributed by atoms with Crippen molar-refractivity contribution in [3.8, 4) is 0 Å². The molecule has 0 spiro atoms. The standard InChI is InChI=1S/C14H23NO3/c16-11-7-15(8-12(11)17)14(18)13(9-3-1-4-9)10-5-2-6-10/h9-13,16-17H,1-8H2/t11-,12+. The molecule has 18 heavy (non-hydrogen) atoms. The van der Waals surface area contributed by atoms with Crippen molar-refractivity contribution in [1.29, 1.82) is 0 Å². The summed E-state index contributed by atoms with van der Waals surface area (Å²) in [5.41, 5.74) is 0. The molecule has 3 aliphatic rings. The van der Waals surface area contributed by atoms with Gasteiger partial charge in [-0.15, -0.1) is 0 Å². The van der Waals surface area contributed by atoms with E-state index in [4.69, 9.17) is 0 Å². The van der Waals surface area contributed by atoms with Crippen LogP contribution in [0.3, 0.4) is 0 Å². The van der Waals surface area contributed by atoms with Gasteiger partial charge >= 0.3 is 0 Å². The van der Waals surface area contributed by atoms with Gasteiger partial charge in [-0.25, -0.2) is 0 Å². The highest BCUT2D eigenvalue weighted by atomic mass is 16.3. The van der Waals surface area contributed by atoms with E-state index in [-0.39, 0.29) is 11.8 Å². The van der Waals surface area contributed by atoms with Gasteiger partial charge < -0.3 is 15.1 Å². The molecule has 0 aromatic rings. The first kappa shape index (κ1) is 12.4. The smallest absolute Gasteiger partial charge is 0.226 e. The third-order valence-corrected chi connectivity index (χ3v) is 5.17. The van der Waals surface area contributed by atoms with Crippen LogP contribution in [-0.4, -0.2) is 46.3 Å². The molecule has 0 aromatic carbocycles. The second-order valence-corrected chi connectivity index (χ2v) is 6.29. The Morgan fingerprint density at radius 3 is 1.72 bits per heavy atom. The summed E-state index contributed by atoms with van der Waals surface area (Å²) in [5, 5.41) is 19.1. The number of carbonyl (C=O) groups is 1. The van der Waals surface area contributed by atoms with Crippen LogP contribution >= 0.6 is 0 Å². The maximum atomic E-state index is 12.6. The largest absolute Gasteiger partial charge is 0.388 e. The quantitative estimate of drug-likeness (QED) is 0.781. The average Bonchev–Trinajstić information content (AvgIpc) is 2.52. The van der Waals surface area contributed by atoms with E-state index in [1.807, 2.05) is 0 Å². The van der Waals surface area contributed by atoms with Gasteiger partial charge in [0.1, 0.15) is 0 Å². The number of amides is 1. The third-order valence-electron chi connectivity index (χ3n) is 5.17. The molecule has 1 heterocycles. The number of β-amino-alcohol motifs (C(OH)–C–C–N with tert-alkyl or cyclic N) is 2. The van der Waals surface area contributed by atoms with Crippen LogP contribution in [0.15, 0.2) is 0 Å². The zero-order valence-corrected chi connectivity index (χ0v) is 10.8. The lowest BCUT2D eigenvalue weighted by Gasteiger charge is -2.43. The van der Waals surface area contributed by atoms with Crippen molar-refractivity contribution in [3.05, 3.63) is 0 Å². The molecule has 102 valence electrons.